The predicted octanol–water partition coefficient (Wildman–Crippen LogP) is 4.98. The summed E-state index contributed by atoms with van der Waals surface area (Å²) < 4.78 is 8.32. The molecule has 2 heterocycles. The van der Waals surface area contributed by atoms with Crippen molar-refractivity contribution in [3.8, 4) is 5.75 Å². The molecular weight excluding hydrogens is 472 g/mol. The van der Waals surface area contributed by atoms with Crippen molar-refractivity contribution in [2.45, 2.75) is 25.2 Å². The van der Waals surface area contributed by atoms with Gasteiger partial charge in [0.15, 0.2) is 0 Å². The molecule has 0 N–H and O–H groups in total. The summed E-state index contributed by atoms with van der Waals surface area (Å²) in [6, 6.07) is 13.9. The lowest BCUT2D eigenvalue weighted by Crippen LogP contribution is -2.57. The topological polar surface area (TPSA) is 32.8 Å². The summed E-state index contributed by atoms with van der Waals surface area (Å²) in [5.41, 5.74) is 1.01. The van der Waals surface area contributed by atoms with Gasteiger partial charge >= 0.3 is 0 Å². The highest BCUT2D eigenvalue weighted by Gasteiger charge is 2.64. The van der Waals surface area contributed by atoms with Crippen molar-refractivity contribution < 1.29 is 9.53 Å². The summed E-state index contributed by atoms with van der Waals surface area (Å²) >= 11 is 7.14. The molecule has 1 amide bonds. The first-order valence-electron chi connectivity index (χ1n) is 8.67. The van der Waals surface area contributed by atoms with E-state index in [0.717, 1.165) is 25.6 Å². The average molecular weight is 492 g/mol. The molecule has 0 radical (unpaired) electrons. The van der Waals surface area contributed by atoms with E-state index in [-0.39, 0.29) is 5.91 Å². The van der Waals surface area contributed by atoms with Gasteiger partial charge in [-0.2, -0.15) is 0 Å². The van der Waals surface area contributed by atoms with Gasteiger partial charge in [0.05, 0.1) is 10.1 Å². The number of nitrogens with zero attached hydrogens (tertiary/aromatic N) is 2. The molecule has 4 rings (SSSR count). The Morgan fingerprint density at radius 3 is 2.30 bits per heavy atom. The number of likely N-dealkylation sites (N-methyl/N-ethyl adjacent to an activating group) is 2. The maximum Gasteiger partial charge on any atom is 0.289 e. The summed E-state index contributed by atoms with van der Waals surface area (Å²) in [6.07, 6.45) is 2.06. The molecule has 1 atom stereocenters. The van der Waals surface area contributed by atoms with Crippen molar-refractivity contribution in [1.82, 2.24) is 9.80 Å². The first-order valence-corrected chi connectivity index (χ1v) is 10.3. The highest BCUT2D eigenvalue weighted by molar-refractivity contribution is 9.11. The second-order valence-corrected chi connectivity index (χ2v) is 9.16. The molecule has 1 unspecified atom stereocenters. The number of ether oxygens (including phenoxy) is 1. The minimum atomic E-state index is -1.22. The van der Waals surface area contributed by atoms with E-state index in [1.165, 1.54) is 0 Å². The van der Waals surface area contributed by atoms with E-state index in [9.17, 15) is 4.79 Å². The first-order chi connectivity index (χ1) is 12.7. The van der Waals surface area contributed by atoms with Gasteiger partial charge in [-0.25, -0.2) is 4.90 Å². The van der Waals surface area contributed by atoms with Crippen molar-refractivity contribution in [2.75, 3.05) is 14.1 Å². The Morgan fingerprint density at radius 2 is 1.70 bits per heavy atom. The Hall–Kier alpha value is -1.63. The van der Waals surface area contributed by atoms with Crippen LogP contribution in [0.1, 0.15) is 25.0 Å². The minimum Gasteiger partial charge on any atom is -0.457 e. The molecule has 0 aliphatic carbocycles. The Labute approximate surface area is 176 Å². The lowest BCUT2D eigenvalue weighted by atomic mass is 9.89. The third kappa shape index (κ3) is 2.53. The van der Waals surface area contributed by atoms with E-state index >= 15 is 0 Å². The van der Waals surface area contributed by atoms with E-state index in [1.54, 1.807) is 4.90 Å². The van der Waals surface area contributed by atoms with Crippen LogP contribution >= 0.6 is 31.9 Å². The highest BCUT2D eigenvalue weighted by atomic mass is 79.9. The zero-order valence-corrected chi connectivity index (χ0v) is 18.8. The van der Waals surface area contributed by atoms with Crippen LogP contribution in [-0.4, -0.2) is 41.2 Å². The fourth-order valence-corrected chi connectivity index (χ4v) is 5.12. The molecule has 2 aromatic rings. The molecule has 0 aromatic heterocycles. The van der Waals surface area contributed by atoms with Crippen LogP contribution in [0.25, 0.3) is 11.6 Å². The van der Waals surface area contributed by atoms with Gasteiger partial charge in [0, 0.05) is 22.7 Å². The molecule has 2 aromatic carbocycles. The van der Waals surface area contributed by atoms with Crippen LogP contribution in [0.2, 0.25) is 0 Å². The molecule has 1 saturated heterocycles. The zero-order valence-electron chi connectivity index (χ0n) is 15.6. The molecule has 27 heavy (non-hydrogen) atoms. The molecule has 0 saturated carbocycles. The lowest BCUT2D eigenvalue weighted by Gasteiger charge is -2.42. The summed E-state index contributed by atoms with van der Waals surface area (Å²) in [4.78, 5) is 17.3. The number of hydrogen-bond donors (Lipinski definition) is 0. The number of hydrogen-bond acceptors (Lipinski definition) is 3. The van der Waals surface area contributed by atoms with Crippen LogP contribution in [0.4, 0.5) is 0 Å². The Kier molecular flexibility index (Phi) is 4.29. The normalized spacial score (nSPS) is 24.0. The monoisotopic (exact) mass is 490 g/mol. The summed E-state index contributed by atoms with van der Waals surface area (Å²) in [6.45, 7) is 4.05. The lowest BCUT2D eigenvalue weighted by molar-refractivity contribution is -0.140. The van der Waals surface area contributed by atoms with Crippen LogP contribution in [0.15, 0.2) is 51.4 Å². The quantitative estimate of drug-likeness (QED) is 0.563. The number of rotatable bonds is 1. The second kappa shape index (κ2) is 6.19. The minimum absolute atomic E-state index is 0.0782. The van der Waals surface area contributed by atoms with E-state index in [2.05, 4.69) is 37.9 Å². The number of carbonyl (C=O) groups is 1. The standard InChI is InChI=1S/C21H20Br2N2O2/c1-20(2)24(3)19(26)21(25(20)4)16(13-8-6-5-7-9-13)11-14-10-15(22)12-17(23)18(14)27-21/h5-12H,1-4H3. The maximum absolute atomic E-state index is 13.6. The molecule has 140 valence electrons. The van der Waals surface area contributed by atoms with Crippen LogP contribution in [0, 0.1) is 0 Å². The fourth-order valence-electron chi connectivity index (χ4n) is 3.79. The van der Waals surface area contributed by atoms with E-state index in [4.69, 9.17) is 4.74 Å². The second-order valence-electron chi connectivity index (χ2n) is 7.39. The average Bonchev–Trinajstić information content (AvgIpc) is 2.76. The van der Waals surface area contributed by atoms with Gasteiger partial charge in [-0.1, -0.05) is 46.3 Å². The SMILES string of the molecule is CN1C(=O)C2(Oc3c(Br)cc(Br)cc3C=C2c2ccccc2)N(C)C1(C)C. The summed E-state index contributed by atoms with van der Waals surface area (Å²) in [5, 5.41) is 0. The van der Waals surface area contributed by atoms with Crippen LogP contribution < -0.4 is 4.74 Å². The molecule has 2 aliphatic rings. The van der Waals surface area contributed by atoms with E-state index < -0.39 is 11.4 Å². The smallest absolute Gasteiger partial charge is 0.289 e. The molecule has 1 spiro atoms. The predicted molar refractivity (Wildman–Crippen MR) is 114 cm³/mol. The van der Waals surface area contributed by atoms with Crippen molar-refractivity contribution in [3.63, 3.8) is 0 Å². The van der Waals surface area contributed by atoms with Gasteiger partial charge < -0.3 is 9.64 Å². The Morgan fingerprint density at radius 1 is 1.04 bits per heavy atom. The highest BCUT2D eigenvalue weighted by Crippen LogP contribution is 2.51. The number of benzene rings is 2. The summed E-state index contributed by atoms with van der Waals surface area (Å²) in [7, 11) is 3.77. The molecule has 2 aliphatic heterocycles. The van der Waals surface area contributed by atoms with Crippen molar-refractivity contribution >= 4 is 49.4 Å². The van der Waals surface area contributed by atoms with Crippen molar-refractivity contribution in [2.24, 2.45) is 0 Å². The number of carbonyl (C=O) groups excluding carboxylic acids is 1. The van der Waals surface area contributed by atoms with Crippen molar-refractivity contribution in [3.05, 3.63) is 62.5 Å². The van der Waals surface area contributed by atoms with E-state index in [0.29, 0.717) is 5.75 Å². The van der Waals surface area contributed by atoms with Gasteiger partial charge in [-0.15, -0.1) is 0 Å². The van der Waals surface area contributed by atoms with Crippen LogP contribution in [0.3, 0.4) is 0 Å². The van der Waals surface area contributed by atoms with Gasteiger partial charge in [0.2, 0.25) is 0 Å². The van der Waals surface area contributed by atoms with Gasteiger partial charge in [0.1, 0.15) is 5.75 Å². The third-order valence-electron chi connectivity index (χ3n) is 5.75. The van der Waals surface area contributed by atoms with Gasteiger partial charge in [0.25, 0.3) is 11.6 Å². The first kappa shape index (κ1) is 18.7. The number of amides is 1. The Bertz CT molecular complexity index is 972. The van der Waals surface area contributed by atoms with Gasteiger partial charge in [-0.05, 0) is 60.6 Å². The number of halogens is 2. The van der Waals surface area contributed by atoms with Crippen molar-refractivity contribution in [1.29, 1.82) is 0 Å². The third-order valence-corrected chi connectivity index (χ3v) is 6.79. The van der Waals surface area contributed by atoms with Gasteiger partial charge in [-0.3, -0.25) is 4.79 Å². The molecule has 0 bridgehead atoms. The molecular formula is C21H20Br2N2O2. The Balaban J connectivity index is 2.03. The van der Waals surface area contributed by atoms with Crippen LogP contribution in [0.5, 0.6) is 5.75 Å². The maximum atomic E-state index is 13.6. The molecule has 1 fully saturated rings. The molecule has 6 heteroatoms. The summed E-state index contributed by atoms with van der Waals surface area (Å²) in [5.74, 6) is 0.592. The molecule has 4 nitrogen and oxygen atoms in total. The zero-order chi connectivity index (χ0) is 19.6. The van der Waals surface area contributed by atoms with Crippen LogP contribution in [-0.2, 0) is 4.79 Å². The largest absolute Gasteiger partial charge is 0.457 e. The fraction of sp³-hybridized carbons (Fsp3) is 0.286. The van der Waals surface area contributed by atoms with E-state index in [1.807, 2.05) is 75.3 Å². The number of fused-ring (bicyclic) bond motifs is 1.